The Balaban J connectivity index is 2.12. The summed E-state index contributed by atoms with van der Waals surface area (Å²) in [6.45, 7) is 9.61. The summed E-state index contributed by atoms with van der Waals surface area (Å²) in [5.41, 5.74) is 8.84. The lowest BCUT2D eigenvalue weighted by Gasteiger charge is -2.22. The van der Waals surface area contributed by atoms with Crippen LogP contribution in [0.4, 0.5) is 10.5 Å². The van der Waals surface area contributed by atoms with Crippen LogP contribution in [0.25, 0.3) is 0 Å². The third-order valence-electron chi connectivity index (χ3n) is 4.10. The van der Waals surface area contributed by atoms with Crippen LogP contribution in [0.15, 0.2) is 18.2 Å². The van der Waals surface area contributed by atoms with Gasteiger partial charge in [-0.1, -0.05) is 12.1 Å². The summed E-state index contributed by atoms with van der Waals surface area (Å²) in [5, 5.41) is 2.80. The van der Waals surface area contributed by atoms with Crippen LogP contribution in [0, 0.1) is 6.92 Å². The van der Waals surface area contributed by atoms with Gasteiger partial charge in [-0.25, -0.2) is 4.79 Å². The van der Waals surface area contributed by atoms with Gasteiger partial charge < -0.3 is 10.5 Å². The average Bonchev–Trinajstić information content (AvgIpc) is 3.10. The minimum absolute atomic E-state index is 0.134. The van der Waals surface area contributed by atoms with Crippen LogP contribution < -0.4 is 11.1 Å². The SMILES string of the molecule is Cc1cc(C2(C(C)N)CC2)ccc1NC(=O)OC(C)(C)C. The topological polar surface area (TPSA) is 64.3 Å². The number of carbonyl (C=O) groups is 1. The first kappa shape index (κ1) is 15.8. The van der Waals surface area contributed by atoms with E-state index in [4.69, 9.17) is 10.5 Å². The molecule has 0 spiro atoms. The molecule has 116 valence electrons. The number of rotatable bonds is 3. The van der Waals surface area contributed by atoms with Gasteiger partial charge in [-0.3, -0.25) is 5.32 Å². The van der Waals surface area contributed by atoms with Gasteiger partial charge in [0.25, 0.3) is 0 Å². The third-order valence-corrected chi connectivity index (χ3v) is 4.10. The molecule has 0 bridgehead atoms. The van der Waals surface area contributed by atoms with Gasteiger partial charge >= 0.3 is 6.09 Å². The number of nitrogens with two attached hydrogens (primary N) is 1. The Kier molecular flexibility index (Phi) is 4.02. The molecule has 1 saturated carbocycles. The van der Waals surface area contributed by atoms with Crippen LogP contribution in [-0.4, -0.2) is 17.7 Å². The molecule has 0 heterocycles. The molecule has 1 atom stereocenters. The van der Waals surface area contributed by atoms with Gasteiger partial charge in [-0.2, -0.15) is 0 Å². The zero-order valence-corrected chi connectivity index (χ0v) is 13.6. The van der Waals surface area contributed by atoms with E-state index in [1.54, 1.807) is 0 Å². The zero-order valence-electron chi connectivity index (χ0n) is 13.6. The first-order valence-electron chi connectivity index (χ1n) is 7.51. The molecule has 4 heteroatoms. The summed E-state index contributed by atoms with van der Waals surface area (Å²) in [4.78, 5) is 11.8. The minimum atomic E-state index is -0.495. The van der Waals surface area contributed by atoms with E-state index in [0.717, 1.165) is 24.1 Å². The second kappa shape index (κ2) is 5.34. The molecule has 2 rings (SSSR count). The van der Waals surface area contributed by atoms with Crippen LogP contribution >= 0.6 is 0 Å². The molecule has 0 radical (unpaired) electrons. The van der Waals surface area contributed by atoms with Gasteiger partial charge in [-0.15, -0.1) is 0 Å². The molecular formula is C17H26N2O2. The highest BCUT2D eigenvalue weighted by atomic mass is 16.6. The van der Waals surface area contributed by atoms with Crippen molar-refractivity contribution in [3.8, 4) is 0 Å². The molecule has 1 aliphatic carbocycles. The highest BCUT2D eigenvalue weighted by Gasteiger charge is 2.47. The Morgan fingerprint density at radius 2 is 2.00 bits per heavy atom. The van der Waals surface area contributed by atoms with Crippen molar-refractivity contribution >= 4 is 11.8 Å². The first-order chi connectivity index (χ1) is 9.64. The van der Waals surface area contributed by atoms with E-state index < -0.39 is 11.7 Å². The summed E-state index contributed by atoms with van der Waals surface area (Å²) in [5.74, 6) is 0. The van der Waals surface area contributed by atoms with E-state index in [1.807, 2.05) is 33.8 Å². The number of ether oxygens (including phenoxy) is 1. The van der Waals surface area contributed by atoms with Crippen molar-refractivity contribution in [3.05, 3.63) is 29.3 Å². The van der Waals surface area contributed by atoms with Gasteiger partial charge in [0.2, 0.25) is 0 Å². The zero-order chi connectivity index (χ0) is 15.8. The first-order valence-corrected chi connectivity index (χ1v) is 7.51. The Morgan fingerprint density at radius 3 is 2.43 bits per heavy atom. The van der Waals surface area contributed by atoms with Crippen molar-refractivity contribution in [1.29, 1.82) is 0 Å². The van der Waals surface area contributed by atoms with Crippen LogP contribution in [0.1, 0.15) is 51.7 Å². The highest BCUT2D eigenvalue weighted by Crippen LogP contribution is 2.50. The lowest BCUT2D eigenvalue weighted by molar-refractivity contribution is 0.0636. The van der Waals surface area contributed by atoms with Crippen LogP contribution in [0.2, 0.25) is 0 Å². The van der Waals surface area contributed by atoms with Crippen molar-refractivity contribution < 1.29 is 9.53 Å². The molecule has 21 heavy (non-hydrogen) atoms. The Labute approximate surface area is 127 Å². The van der Waals surface area contributed by atoms with Crippen LogP contribution in [0.5, 0.6) is 0 Å². The van der Waals surface area contributed by atoms with E-state index in [1.165, 1.54) is 5.56 Å². The molecule has 1 aromatic carbocycles. The normalized spacial score (nSPS) is 18.0. The van der Waals surface area contributed by atoms with E-state index in [0.29, 0.717) is 0 Å². The molecule has 1 aromatic rings. The fourth-order valence-corrected chi connectivity index (χ4v) is 2.67. The van der Waals surface area contributed by atoms with Crippen LogP contribution in [-0.2, 0) is 10.2 Å². The number of nitrogens with one attached hydrogen (secondary N) is 1. The summed E-state index contributed by atoms with van der Waals surface area (Å²) in [6, 6.07) is 6.29. The number of carbonyl (C=O) groups excluding carboxylic acids is 1. The number of benzene rings is 1. The van der Waals surface area contributed by atoms with Crippen molar-refractivity contribution in [2.45, 2.75) is 64.5 Å². The quantitative estimate of drug-likeness (QED) is 0.891. The predicted octanol–water partition coefficient (Wildman–Crippen LogP) is 3.72. The van der Waals surface area contributed by atoms with E-state index in [2.05, 4.69) is 24.4 Å². The van der Waals surface area contributed by atoms with E-state index in [9.17, 15) is 4.79 Å². The van der Waals surface area contributed by atoms with E-state index in [-0.39, 0.29) is 11.5 Å². The third kappa shape index (κ3) is 3.56. The maximum Gasteiger partial charge on any atom is 0.412 e. The Bertz CT molecular complexity index is 540. The predicted molar refractivity (Wildman–Crippen MR) is 85.6 cm³/mol. The van der Waals surface area contributed by atoms with Crippen LogP contribution in [0.3, 0.4) is 0 Å². The summed E-state index contributed by atoms with van der Waals surface area (Å²) in [7, 11) is 0. The molecule has 1 unspecified atom stereocenters. The molecule has 0 aliphatic heterocycles. The number of anilines is 1. The molecule has 0 saturated heterocycles. The van der Waals surface area contributed by atoms with E-state index >= 15 is 0 Å². The number of hydrogen-bond donors (Lipinski definition) is 2. The van der Waals surface area contributed by atoms with Gasteiger partial charge in [0.15, 0.2) is 0 Å². The lowest BCUT2D eigenvalue weighted by Crippen LogP contribution is -2.31. The summed E-state index contributed by atoms with van der Waals surface area (Å²) >= 11 is 0. The number of amides is 1. The number of hydrogen-bond acceptors (Lipinski definition) is 3. The lowest BCUT2D eigenvalue weighted by atomic mass is 9.88. The van der Waals surface area contributed by atoms with Gasteiger partial charge in [-0.05, 0) is 64.7 Å². The van der Waals surface area contributed by atoms with Crippen molar-refractivity contribution in [2.24, 2.45) is 5.73 Å². The monoisotopic (exact) mass is 290 g/mol. The summed E-state index contributed by atoms with van der Waals surface area (Å²) in [6.07, 6.45) is 1.86. The van der Waals surface area contributed by atoms with Gasteiger partial charge in [0.1, 0.15) is 5.60 Å². The Hall–Kier alpha value is -1.55. The smallest absolute Gasteiger partial charge is 0.412 e. The van der Waals surface area contributed by atoms with Crippen molar-refractivity contribution in [3.63, 3.8) is 0 Å². The summed E-state index contributed by atoms with van der Waals surface area (Å²) < 4.78 is 5.27. The number of aryl methyl sites for hydroxylation is 1. The fourth-order valence-electron chi connectivity index (χ4n) is 2.67. The second-order valence-electron chi connectivity index (χ2n) is 7.10. The average molecular weight is 290 g/mol. The highest BCUT2D eigenvalue weighted by molar-refractivity contribution is 5.86. The van der Waals surface area contributed by atoms with Crippen molar-refractivity contribution in [2.75, 3.05) is 5.32 Å². The minimum Gasteiger partial charge on any atom is -0.444 e. The second-order valence-corrected chi connectivity index (χ2v) is 7.10. The van der Waals surface area contributed by atoms with Crippen molar-refractivity contribution in [1.82, 2.24) is 0 Å². The maximum atomic E-state index is 11.8. The fraction of sp³-hybridized carbons (Fsp3) is 0.588. The standard InChI is InChI=1S/C17H26N2O2/c1-11-10-13(17(8-9-17)12(2)18)6-7-14(11)19-15(20)21-16(3,4)5/h6-7,10,12H,8-9,18H2,1-5H3,(H,19,20). The molecule has 1 fully saturated rings. The Morgan fingerprint density at radius 1 is 1.38 bits per heavy atom. The molecule has 1 amide bonds. The molecule has 4 nitrogen and oxygen atoms in total. The molecule has 0 aromatic heterocycles. The maximum absolute atomic E-state index is 11.8. The largest absolute Gasteiger partial charge is 0.444 e. The molecule has 1 aliphatic rings. The van der Waals surface area contributed by atoms with Gasteiger partial charge in [0, 0.05) is 17.1 Å². The van der Waals surface area contributed by atoms with Gasteiger partial charge in [0.05, 0.1) is 0 Å². The molecule has 3 N–H and O–H groups in total. The molecular weight excluding hydrogens is 264 g/mol.